The maximum Gasteiger partial charge on any atom is 0.274 e. The first-order valence-corrected chi connectivity index (χ1v) is 8.34. The van der Waals surface area contributed by atoms with Gasteiger partial charge in [-0.25, -0.2) is 4.99 Å². The van der Waals surface area contributed by atoms with E-state index in [1.807, 2.05) is 38.2 Å². The van der Waals surface area contributed by atoms with Gasteiger partial charge in [-0.15, -0.1) is 6.42 Å². The third kappa shape index (κ3) is 4.22. The molecule has 0 fully saturated rings. The molecule has 0 atom stereocenters. The highest BCUT2D eigenvalue weighted by molar-refractivity contribution is 6.31. The van der Waals surface area contributed by atoms with Crippen molar-refractivity contribution in [2.45, 2.75) is 26.3 Å². The molecule has 1 N–H and O–H groups in total. The molecule has 0 radical (unpaired) electrons. The van der Waals surface area contributed by atoms with E-state index in [1.165, 1.54) is 0 Å². The molecule has 1 aromatic carbocycles. The van der Waals surface area contributed by atoms with Crippen LogP contribution in [0.15, 0.2) is 57.5 Å². The summed E-state index contributed by atoms with van der Waals surface area (Å²) in [4.78, 5) is 23.0. The Morgan fingerprint density at radius 2 is 2.15 bits per heavy atom. The van der Waals surface area contributed by atoms with Gasteiger partial charge in [0, 0.05) is 23.3 Å². The van der Waals surface area contributed by atoms with Gasteiger partial charge in [-0.3, -0.25) is 9.79 Å². The first-order chi connectivity index (χ1) is 12.2. The van der Waals surface area contributed by atoms with Gasteiger partial charge in [0.25, 0.3) is 5.91 Å². The number of terminal acetylenes is 1. The number of halogens is 1. The van der Waals surface area contributed by atoms with Gasteiger partial charge < -0.3 is 10.2 Å². The van der Waals surface area contributed by atoms with Gasteiger partial charge in [0.05, 0.1) is 11.3 Å². The van der Waals surface area contributed by atoms with Crippen molar-refractivity contribution in [2.75, 3.05) is 7.05 Å². The summed E-state index contributed by atoms with van der Waals surface area (Å²) < 4.78 is 0. The smallest absolute Gasteiger partial charge is 0.274 e. The van der Waals surface area contributed by atoms with Crippen LogP contribution >= 0.6 is 11.6 Å². The van der Waals surface area contributed by atoms with E-state index in [4.69, 9.17) is 18.0 Å². The van der Waals surface area contributed by atoms with Crippen LogP contribution in [0.2, 0.25) is 5.02 Å². The highest BCUT2D eigenvalue weighted by Crippen LogP contribution is 2.25. The van der Waals surface area contributed by atoms with Crippen LogP contribution in [0.3, 0.4) is 0 Å². The number of rotatable bonds is 4. The fourth-order valence-electron chi connectivity index (χ4n) is 2.31. The number of amides is 1. The number of allylic oxidation sites excluding steroid dienone is 2. The molecule has 1 heterocycles. The van der Waals surface area contributed by atoms with Crippen LogP contribution in [0, 0.1) is 12.3 Å². The van der Waals surface area contributed by atoms with Crippen LogP contribution in [-0.4, -0.2) is 35.8 Å². The summed E-state index contributed by atoms with van der Waals surface area (Å²) >= 11 is 6.08. The van der Waals surface area contributed by atoms with E-state index in [0.29, 0.717) is 16.6 Å². The molecule has 1 aliphatic rings. The molecule has 0 bridgehead atoms. The van der Waals surface area contributed by atoms with Gasteiger partial charge in [0.2, 0.25) is 0 Å². The summed E-state index contributed by atoms with van der Waals surface area (Å²) in [5.41, 5.74) is 1.71. The Morgan fingerprint density at radius 3 is 2.73 bits per heavy atom. The molecule has 1 aliphatic heterocycles. The normalized spacial score (nSPS) is 16.2. The highest BCUT2D eigenvalue weighted by atomic mass is 35.5. The molecule has 0 saturated carbocycles. The molecule has 5 nitrogen and oxygen atoms in total. The number of benzene rings is 1. The topological polar surface area (TPSA) is 57.1 Å². The van der Waals surface area contributed by atoms with Crippen molar-refractivity contribution >= 4 is 29.9 Å². The Labute approximate surface area is 159 Å². The zero-order valence-electron chi connectivity index (χ0n) is 15.3. The lowest BCUT2D eigenvalue weighted by Crippen LogP contribution is -2.43. The lowest BCUT2D eigenvalue weighted by molar-refractivity contribution is -0.118. The molecule has 0 saturated heterocycles. The van der Waals surface area contributed by atoms with E-state index in [2.05, 4.69) is 27.9 Å². The molecular formula is C20H21ClN4O. The molecule has 26 heavy (non-hydrogen) atoms. The first kappa shape index (κ1) is 19.5. The van der Waals surface area contributed by atoms with Crippen LogP contribution in [-0.2, 0) is 4.79 Å². The number of carbonyl (C=O) groups excluding carboxylic acids is 1. The van der Waals surface area contributed by atoms with Crippen molar-refractivity contribution in [2.24, 2.45) is 9.98 Å². The van der Waals surface area contributed by atoms with Crippen molar-refractivity contribution in [1.82, 2.24) is 10.2 Å². The lowest BCUT2D eigenvalue weighted by atomic mass is 10.1. The Hall–Kier alpha value is -2.84. The summed E-state index contributed by atoms with van der Waals surface area (Å²) in [6.07, 6.45) is 7.37. The quantitative estimate of drug-likeness (QED) is 0.503. The van der Waals surface area contributed by atoms with Crippen molar-refractivity contribution in [3.63, 3.8) is 0 Å². The van der Waals surface area contributed by atoms with E-state index >= 15 is 0 Å². The lowest BCUT2D eigenvalue weighted by Gasteiger charge is -2.27. The minimum atomic E-state index is -0.814. The second-order valence-electron chi connectivity index (χ2n) is 6.41. The standard InChI is InChI=1S/C20H21ClN4O/c1-7-20(3,4)24-19(26)17(22-5)18-23-16(11-13(2)25(18)6)14-9-8-10-15(21)12-14/h1,8-12H,5H2,2-4,6H3,(H,24,26)/b18-17-. The Kier molecular flexibility index (Phi) is 5.69. The van der Waals surface area contributed by atoms with Crippen LogP contribution in [0.5, 0.6) is 0 Å². The van der Waals surface area contributed by atoms with Gasteiger partial charge >= 0.3 is 0 Å². The molecule has 0 aliphatic carbocycles. The van der Waals surface area contributed by atoms with E-state index in [1.54, 1.807) is 24.8 Å². The van der Waals surface area contributed by atoms with Crippen molar-refractivity contribution in [3.8, 4) is 12.3 Å². The molecule has 0 unspecified atom stereocenters. The van der Waals surface area contributed by atoms with Gasteiger partial charge in [-0.05, 0) is 45.7 Å². The zero-order chi connectivity index (χ0) is 19.5. The van der Waals surface area contributed by atoms with Crippen molar-refractivity contribution < 1.29 is 4.79 Å². The average molecular weight is 369 g/mol. The third-order valence-corrected chi connectivity index (χ3v) is 4.15. The van der Waals surface area contributed by atoms with Gasteiger partial charge in [-0.1, -0.05) is 29.7 Å². The molecule has 134 valence electrons. The number of nitrogens with one attached hydrogen (secondary N) is 1. The zero-order valence-corrected chi connectivity index (χ0v) is 16.1. The summed E-state index contributed by atoms with van der Waals surface area (Å²) in [6, 6.07) is 7.36. The van der Waals surface area contributed by atoms with Gasteiger partial charge in [-0.2, -0.15) is 0 Å². The number of hydrogen-bond donors (Lipinski definition) is 1. The molecule has 1 aromatic rings. The summed E-state index contributed by atoms with van der Waals surface area (Å²) in [6.45, 7) is 8.91. The number of carbonyl (C=O) groups is 1. The first-order valence-electron chi connectivity index (χ1n) is 7.96. The average Bonchev–Trinajstić information content (AvgIpc) is 2.58. The fourth-order valence-corrected chi connectivity index (χ4v) is 2.50. The number of nitrogens with zero attached hydrogens (tertiary/aromatic N) is 3. The van der Waals surface area contributed by atoms with Crippen LogP contribution in [0.1, 0.15) is 26.3 Å². The van der Waals surface area contributed by atoms with E-state index < -0.39 is 11.4 Å². The molecule has 0 aromatic heterocycles. The Bertz CT molecular complexity index is 887. The highest BCUT2D eigenvalue weighted by Gasteiger charge is 2.26. The van der Waals surface area contributed by atoms with Gasteiger partial charge in [0.1, 0.15) is 0 Å². The SMILES string of the molecule is C#CC(C)(C)NC(=O)/C(N=C)=C1\N=C(c2cccc(Cl)c2)C=C(C)N1C. The largest absolute Gasteiger partial charge is 0.335 e. The van der Waals surface area contributed by atoms with E-state index in [9.17, 15) is 4.79 Å². The van der Waals surface area contributed by atoms with Crippen LogP contribution in [0.4, 0.5) is 0 Å². The van der Waals surface area contributed by atoms with E-state index in [-0.39, 0.29) is 5.70 Å². The Balaban J connectivity index is 2.55. The van der Waals surface area contributed by atoms with E-state index in [0.717, 1.165) is 11.3 Å². The van der Waals surface area contributed by atoms with Crippen LogP contribution < -0.4 is 5.32 Å². The minimum absolute atomic E-state index is 0.0998. The molecule has 1 amide bonds. The van der Waals surface area contributed by atoms with Crippen molar-refractivity contribution in [3.05, 3.63) is 58.1 Å². The van der Waals surface area contributed by atoms with Crippen LogP contribution in [0.25, 0.3) is 0 Å². The number of hydrogen-bond acceptors (Lipinski definition) is 4. The third-order valence-electron chi connectivity index (χ3n) is 3.91. The van der Waals surface area contributed by atoms with Gasteiger partial charge in [0.15, 0.2) is 11.5 Å². The second-order valence-corrected chi connectivity index (χ2v) is 6.84. The molecule has 0 spiro atoms. The monoisotopic (exact) mass is 368 g/mol. The summed E-state index contributed by atoms with van der Waals surface area (Å²) in [5.74, 6) is 2.48. The molecule has 6 heteroatoms. The predicted molar refractivity (Wildman–Crippen MR) is 107 cm³/mol. The number of aliphatic imine (C=N–C) groups is 2. The maximum atomic E-state index is 12.7. The minimum Gasteiger partial charge on any atom is -0.335 e. The molecular weight excluding hydrogens is 348 g/mol. The van der Waals surface area contributed by atoms with Crippen molar-refractivity contribution in [1.29, 1.82) is 0 Å². The summed E-state index contributed by atoms with van der Waals surface area (Å²) in [7, 11) is 1.81. The second kappa shape index (κ2) is 7.59. The fraction of sp³-hybridized carbons (Fsp3) is 0.250. The maximum absolute atomic E-state index is 12.7. The Morgan fingerprint density at radius 1 is 1.46 bits per heavy atom. The predicted octanol–water partition coefficient (Wildman–Crippen LogP) is 3.38. The molecule has 2 rings (SSSR count). The summed E-state index contributed by atoms with van der Waals surface area (Å²) in [5, 5.41) is 3.36.